The lowest BCUT2D eigenvalue weighted by molar-refractivity contribution is -0.121. The van der Waals surface area contributed by atoms with Crippen LogP contribution in [0.25, 0.3) is 0 Å². The van der Waals surface area contributed by atoms with E-state index in [4.69, 9.17) is 0 Å². The predicted octanol–water partition coefficient (Wildman–Crippen LogP) is 0.754. The molecule has 0 aromatic carbocycles. The van der Waals surface area contributed by atoms with Crippen LogP contribution in [-0.4, -0.2) is 26.9 Å². The molecule has 0 aliphatic rings. The molecular weight excluding hydrogens is 180 g/mol. The molecule has 1 aromatic heterocycles. The van der Waals surface area contributed by atoms with Crippen LogP contribution >= 0.6 is 0 Å². The minimum absolute atomic E-state index is 0.0369. The molecule has 0 spiro atoms. The molecule has 78 valence electrons. The Bertz CT molecular complexity index is 283. The van der Waals surface area contributed by atoms with E-state index in [2.05, 4.69) is 15.5 Å². The third-order valence-electron chi connectivity index (χ3n) is 2.23. The van der Waals surface area contributed by atoms with Gasteiger partial charge >= 0.3 is 0 Å². The fourth-order valence-electron chi connectivity index (χ4n) is 1.11. The normalized spacial score (nSPS) is 14.8. The summed E-state index contributed by atoms with van der Waals surface area (Å²) in [7, 11) is 0. The third-order valence-corrected chi connectivity index (χ3v) is 2.23. The lowest BCUT2D eigenvalue weighted by Crippen LogP contribution is -2.38. The van der Waals surface area contributed by atoms with E-state index in [0.29, 0.717) is 6.42 Å². The summed E-state index contributed by atoms with van der Waals surface area (Å²) in [6.45, 7) is 5.75. The molecule has 0 saturated heterocycles. The van der Waals surface area contributed by atoms with Gasteiger partial charge in [-0.2, -0.15) is 15.0 Å². The number of aromatic nitrogens is 3. The van der Waals surface area contributed by atoms with Crippen molar-refractivity contribution in [1.82, 2.24) is 20.3 Å². The summed E-state index contributed by atoms with van der Waals surface area (Å²) in [5.74, 6) is 0.0523. The Hall–Kier alpha value is -1.39. The maximum Gasteiger partial charge on any atom is 0.219 e. The van der Waals surface area contributed by atoms with Crippen LogP contribution in [0.5, 0.6) is 0 Å². The Morgan fingerprint density at radius 2 is 2.00 bits per heavy atom. The van der Waals surface area contributed by atoms with E-state index in [-0.39, 0.29) is 18.0 Å². The first-order chi connectivity index (χ1) is 6.65. The van der Waals surface area contributed by atoms with Crippen molar-refractivity contribution in [3.05, 3.63) is 12.4 Å². The summed E-state index contributed by atoms with van der Waals surface area (Å²) in [5, 5.41) is 10.9. The Kier molecular flexibility index (Phi) is 3.62. The zero-order chi connectivity index (χ0) is 10.6. The molecule has 14 heavy (non-hydrogen) atoms. The van der Waals surface area contributed by atoms with E-state index < -0.39 is 0 Å². The second kappa shape index (κ2) is 4.74. The molecule has 0 aliphatic carbocycles. The largest absolute Gasteiger partial charge is 0.351 e. The van der Waals surface area contributed by atoms with Crippen LogP contribution in [-0.2, 0) is 4.79 Å². The van der Waals surface area contributed by atoms with Crippen molar-refractivity contribution >= 4 is 5.91 Å². The van der Waals surface area contributed by atoms with Crippen LogP contribution in [0.1, 0.15) is 33.2 Å². The Morgan fingerprint density at radius 3 is 2.50 bits per heavy atom. The molecule has 0 fully saturated rings. The molecule has 1 heterocycles. The van der Waals surface area contributed by atoms with E-state index >= 15 is 0 Å². The molecule has 5 heteroatoms. The minimum Gasteiger partial charge on any atom is -0.351 e. The second-order valence-electron chi connectivity index (χ2n) is 3.30. The Morgan fingerprint density at radius 1 is 1.43 bits per heavy atom. The Labute approximate surface area is 83.5 Å². The van der Waals surface area contributed by atoms with Crippen LogP contribution in [0.15, 0.2) is 12.4 Å². The maximum atomic E-state index is 11.1. The van der Waals surface area contributed by atoms with E-state index in [1.54, 1.807) is 17.2 Å². The number of nitrogens with zero attached hydrogens (tertiary/aromatic N) is 3. The smallest absolute Gasteiger partial charge is 0.219 e. The van der Waals surface area contributed by atoms with Gasteiger partial charge in [-0.05, 0) is 13.8 Å². The number of hydrogen-bond acceptors (Lipinski definition) is 3. The van der Waals surface area contributed by atoms with Crippen LogP contribution in [0.3, 0.4) is 0 Å². The van der Waals surface area contributed by atoms with Crippen molar-refractivity contribution in [3.63, 3.8) is 0 Å². The second-order valence-corrected chi connectivity index (χ2v) is 3.30. The molecule has 1 N–H and O–H groups in total. The van der Waals surface area contributed by atoms with E-state index in [0.717, 1.165) is 0 Å². The molecule has 0 saturated carbocycles. The highest BCUT2D eigenvalue weighted by molar-refractivity contribution is 5.75. The van der Waals surface area contributed by atoms with Crippen molar-refractivity contribution < 1.29 is 4.79 Å². The van der Waals surface area contributed by atoms with Gasteiger partial charge in [-0.15, -0.1) is 0 Å². The van der Waals surface area contributed by atoms with Gasteiger partial charge in [0.1, 0.15) is 0 Å². The van der Waals surface area contributed by atoms with Gasteiger partial charge in [0, 0.05) is 12.5 Å². The number of carbonyl (C=O) groups excluding carboxylic acids is 1. The average Bonchev–Trinajstić information content (AvgIpc) is 2.69. The van der Waals surface area contributed by atoms with Crippen LogP contribution in [0.2, 0.25) is 0 Å². The summed E-state index contributed by atoms with van der Waals surface area (Å²) < 4.78 is 0. The van der Waals surface area contributed by atoms with Crippen LogP contribution in [0, 0.1) is 0 Å². The molecule has 0 radical (unpaired) electrons. The van der Waals surface area contributed by atoms with E-state index in [1.807, 2.05) is 20.8 Å². The third kappa shape index (κ3) is 2.55. The summed E-state index contributed by atoms with van der Waals surface area (Å²) in [6, 6.07) is 0.107. The van der Waals surface area contributed by atoms with Gasteiger partial charge in [0.05, 0.1) is 18.4 Å². The summed E-state index contributed by atoms with van der Waals surface area (Å²) in [4.78, 5) is 12.7. The van der Waals surface area contributed by atoms with Gasteiger partial charge in [-0.3, -0.25) is 4.79 Å². The molecule has 2 atom stereocenters. The molecule has 1 rings (SSSR count). The monoisotopic (exact) mass is 196 g/mol. The molecular formula is C9H16N4O. The fraction of sp³-hybridized carbons (Fsp3) is 0.667. The number of amides is 1. The first-order valence-electron chi connectivity index (χ1n) is 4.80. The first-order valence-corrected chi connectivity index (χ1v) is 4.80. The van der Waals surface area contributed by atoms with Crippen molar-refractivity contribution in [1.29, 1.82) is 0 Å². The Balaban J connectivity index is 2.53. The van der Waals surface area contributed by atoms with Gasteiger partial charge in [0.25, 0.3) is 0 Å². The number of hydrogen-bond donors (Lipinski definition) is 1. The first kappa shape index (κ1) is 10.7. The van der Waals surface area contributed by atoms with Crippen molar-refractivity contribution in [2.24, 2.45) is 0 Å². The van der Waals surface area contributed by atoms with Gasteiger partial charge < -0.3 is 5.32 Å². The average molecular weight is 196 g/mol. The molecule has 0 aliphatic heterocycles. The van der Waals surface area contributed by atoms with Gasteiger partial charge in [0.15, 0.2) is 0 Å². The zero-order valence-electron chi connectivity index (χ0n) is 8.77. The van der Waals surface area contributed by atoms with Gasteiger partial charge in [0.2, 0.25) is 5.91 Å². The number of carbonyl (C=O) groups is 1. The zero-order valence-corrected chi connectivity index (χ0v) is 8.77. The van der Waals surface area contributed by atoms with E-state index in [9.17, 15) is 4.79 Å². The predicted molar refractivity (Wildman–Crippen MR) is 52.6 cm³/mol. The highest BCUT2D eigenvalue weighted by Crippen LogP contribution is 2.06. The van der Waals surface area contributed by atoms with Crippen LogP contribution < -0.4 is 5.32 Å². The molecule has 0 bridgehead atoms. The summed E-state index contributed by atoms with van der Waals surface area (Å²) >= 11 is 0. The molecule has 5 nitrogen and oxygen atoms in total. The number of rotatable bonds is 4. The highest BCUT2D eigenvalue weighted by Gasteiger charge is 2.16. The summed E-state index contributed by atoms with van der Waals surface area (Å²) in [6.07, 6.45) is 3.76. The highest BCUT2D eigenvalue weighted by atomic mass is 16.1. The minimum atomic E-state index is 0.0369. The molecule has 1 aromatic rings. The summed E-state index contributed by atoms with van der Waals surface area (Å²) in [5.41, 5.74) is 0. The topological polar surface area (TPSA) is 59.8 Å². The van der Waals surface area contributed by atoms with Gasteiger partial charge in [-0.1, -0.05) is 6.92 Å². The lowest BCUT2D eigenvalue weighted by atomic mass is 10.2. The SMILES string of the molecule is CCC(=O)NC(C)[C@H](C)n1nccn1. The van der Waals surface area contributed by atoms with Crippen molar-refractivity contribution in [2.45, 2.75) is 39.3 Å². The van der Waals surface area contributed by atoms with Crippen molar-refractivity contribution in [3.8, 4) is 0 Å². The maximum absolute atomic E-state index is 11.1. The standard InChI is InChI=1S/C9H16N4O/c1-4-9(14)12-7(2)8(3)13-10-5-6-11-13/h5-8H,4H2,1-3H3,(H,12,14)/t7?,8-/m0/s1. The quantitative estimate of drug-likeness (QED) is 0.773. The van der Waals surface area contributed by atoms with Crippen LogP contribution in [0.4, 0.5) is 0 Å². The van der Waals surface area contributed by atoms with Gasteiger partial charge in [-0.25, -0.2) is 0 Å². The van der Waals surface area contributed by atoms with Crippen molar-refractivity contribution in [2.75, 3.05) is 0 Å². The fourth-order valence-corrected chi connectivity index (χ4v) is 1.11. The number of nitrogens with one attached hydrogen (secondary N) is 1. The molecule has 1 amide bonds. The molecule has 1 unspecified atom stereocenters. The van der Waals surface area contributed by atoms with E-state index in [1.165, 1.54) is 0 Å². The lowest BCUT2D eigenvalue weighted by Gasteiger charge is -2.20.